The minimum Gasteiger partial charge on any atom is -0.544 e. The van der Waals surface area contributed by atoms with Crippen LogP contribution in [0.15, 0.2) is 0 Å². The summed E-state index contributed by atoms with van der Waals surface area (Å²) >= 11 is 0. The van der Waals surface area contributed by atoms with Crippen LogP contribution in [-0.2, 0) is 4.79 Å². The van der Waals surface area contributed by atoms with Crippen molar-refractivity contribution in [2.75, 3.05) is 0 Å². The summed E-state index contributed by atoms with van der Waals surface area (Å²) in [6.45, 7) is 1.62. The molecule has 0 spiro atoms. The molecule has 0 aromatic rings. The van der Waals surface area contributed by atoms with Gasteiger partial charge in [0.25, 0.3) is 0 Å². The molecule has 1 atom stereocenters. The van der Waals surface area contributed by atoms with E-state index in [-0.39, 0.29) is 5.92 Å². The van der Waals surface area contributed by atoms with Gasteiger partial charge < -0.3 is 15.6 Å². The molecule has 1 aliphatic rings. The van der Waals surface area contributed by atoms with E-state index in [9.17, 15) is 9.90 Å². The van der Waals surface area contributed by atoms with E-state index in [0.717, 1.165) is 12.8 Å². The third kappa shape index (κ3) is 1.05. The van der Waals surface area contributed by atoms with Crippen LogP contribution in [0.2, 0.25) is 0 Å². The minimum absolute atomic E-state index is 0.266. The second-order valence-electron chi connectivity index (χ2n) is 2.98. The maximum Gasteiger partial charge on any atom is 0.135 e. The van der Waals surface area contributed by atoms with Crippen LogP contribution in [0.4, 0.5) is 0 Å². The standard InChI is InChI=1S/C6H11NO2/c1-6(7,5(8)9)4-2-3-4/h4H,2-3,7H2,1H3,(H,8,9)/t6-/m1/s1. The van der Waals surface area contributed by atoms with Gasteiger partial charge in [0.1, 0.15) is 11.5 Å². The third-order valence-corrected chi connectivity index (χ3v) is 1.94. The summed E-state index contributed by atoms with van der Waals surface area (Å²) in [6, 6.07) is 0. The molecule has 0 radical (unpaired) electrons. The van der Waals surface area contributed by atoms with Gasteiger partial charge in [-0.05, 0) is 19.8 Å². The quantitative estimate of drug-likeness (QED) is 0.475. The predicted molar refractivity (Wildman–Crippen MR) is 29.0 cm³/mol. The molecule has 0 unspecified atom stereocenters. The summed E-state index contributed by atoms with van der Waals surface area (Å²) in [5, 5.41) is 10.3. The highest BCUT2D eigenvalue weighted by Gasteiger charge is 2.43. The summed E-state index contributed by atoms with van der Waals surface area (Å²) in [5.41, 5.74) is 2.74. The minimum atomic E-state index is -1.02. The molecule has 0 heterocycles. The Morgan fingerprint density at radius 1 is 1.78 bits per heavy atom. The molecule has 0 aromatic heterocycles. The molecular formula is C6H11NO2. The van der Waals surface area contributed by atoms with Gasteiger partial charge in [-0.15, -0.1) is 0 Å². The highest BCUT2D eigenvalue weighted by Crippen LogP contribution is 2.36. The topological polar surface area (TPSA) is 67.8 Å². The summed E-state index contributed by atoms with van der Waals surface area (Å²) in [7, 11) is 0. The van der Waals surface area contributed by atoms with E-state index in [1.54, 1.807) is 6.92 Å². The molecule has 0 bridgehead atoms. The highest BCUT2D eigenvalue weighted by atomic mass is 16.4. The maximum absolute atomic E-state index is 10.3. The second-order valence-corrected chi connectivity index (χ2v) is 2.98. The maximum atomic E-state index is 10.3. The summed E-state index contributed by atoms with van der Waals surface area (Å²) in [5.74, 6) is -0.757. The number of quaternary nitrogens is 1. The average Bonchev–Trinajstić information content (AvgIpc) is 2.42. The lowest BCUT2D eigenvalue weighted by Gasteiger charge is -2.20. The van der Waals surface area contributed by atoms with Gasteiger partial charge >= 0.3 is 0 Å². The summed E-state index contributed by atoms with van der Waals surface area (Å²) in [4.78, 5) is 10.3. The van der Waals surface area contributed by atoms with Crippen LogP contribution in [0.1, 0.15) is 19.8 Å². The van der Waals surface area contributed by atoms with Crippen molar-refractivity contribution in [3.8, 4) is 0 Å². The van der Waals surface area contributed by atoms with Gasteiger partial charge in [0.2, 0.25) is 0 Å². The zero-order valence-corrected chi connectivity index (χ0v) is 5.52. The Morgan fingerprint density at radius 2 is 2.22 bits per heavy atom. The molecule has 3 nitrogen and oxygen atoms in total. The summed E-state index contributed by atoms with van der Waals surface area (Å²) < 4.78 is 0. The van der Waals surface area contributed by atoms with E-state index in [1.807, 2.05) is 0 Å². The van der Waals surface area contributed by atoms with Gasteiger partial charge in [0.05, 0.1) is 0 Å². The number of rotatable bonds is 2. The van der Waals surface area contributed by atoms with Crippen molar-refractivity contribution in [2.24, 2.45) is 5.92 Å². The van der Waals surface area contributed by atoms with Crippen molar-refractivity contribution in [1.29, 1.82) is 0 Å². The van der Waals surface area contributed by atoms with Crippen LogP contribution in [0, 0.1) is 5.92 Å². The van der Waals surface area contributed by atoms with Gasteiger partial charge in [0.15, 0.2) is 0 Å². The third-order valence-electron chi connectivity index (χ3n) is 1.94. The fraction of sp³-hybridized carbons (Fsp3) is 0.833. The Labute approximate surface area is 53.9 Å². The van der Waals surface area contributed by atoms with Gasteiger partial charge in [-0.1, -0.05) is 0 Å². The van der Waals surface area contributed by atoms with Crippen molar-refractivity contribution in [3.05, 3.63) is 0 Å². The van der Waals surface area contributed by atoms with Crippen LogP contribution in [0.25, 0.3) is 0 Å². The molecule has 9 heavy (non-hydrogen) atoms. The average molecular weight is 129 g/mol. The van der Waals surface area contributed by atoms with Crippen LogP contribution in [0.3, 0.4) is 0 Å². The van der Waals surface area contributed by atoms with Crippen molar-refractivity contribution in [2.45, 2.75) is 25.3 Å². The van der Waals surface area contributed by atoms with E-state index in [4.69, 9.17) is 0 Å². The Balaban J connectivity index is 2.59. The lowest BCUT2D eigenvalue weighted by atomic mass is 9.98. The molecule has 1 saturated carbocycles. The number of aliphatic carboxylic acids is 1. The lowest BCUT2D eigenvalue weighted by Crippen LogP contribution is -2.79. The van der Waals surface area contributed by atoms with E-state index in [1.165, 1.54) is 0 Å². The number of carbonyl (C=O) groups excluding carboxylic acids is 1. The molecule has 1 fully saturated rings. The SMILES string of the molecule is C[C@]([NH3+])(C(=O)[O-])C1CC1. The van der Waals surface area contributed by atoms with E-state index >= 15 is 0 Å². The fourth-order valence-electron chi connectivity index (χ4n) is 0.887. The largest absolute Gasteiger partial charge is 0.544 e. The first kappa shape index (κ1) is 6.55. The lowest BCUT2D eigenvalue weighted by molar-refractivity contribution is -0.486. The Kier molecular flexibility index (Phi) is 1.24. The van der Waals surface area contributed by atoms with Gasteiger partial charge in [-0.2, -0.15) is 0 Å². The molecule has 0 aromatic carbocycles. The number of carboxylic acid groups (broad SMARTS) is 1. The van der Waals surface area contributed by atoms with Crippen molar-refractivity contribution in [1.82, 2.24) is 0 Å². The second kappa shape index (κ2) is 1.70. The van der Waals surface area contributed by atoms with Crippen LogP contribution in [0.5, 0.6) is 0 Å². The van der Waals surface area contributed by atoms with Crippen LogP contribution < -0.4 is 10.8 Å². The van der Waals surface area contributed by atoms with Crippen LogP contribution in [-0.4, -0.2) is 11.5 Å². The number of hydrogen-bond acceptors (Lipinski definition) is 2. The van der Waals surface area contributed by atoms with Gasteiger partial charge in [-0.25, -0.2) is 0 Å². The number of hydrogen-bond donors (Lipinski definition) is 1. The van der Waals surface area contributed by atoms with Crippen LogP contribution >= 0.6 is 0 Å². The summed E-state index contributed by atoms with van der Waals surface area (Å²) in [6.07, 6.45) is 1.99. The number of carboxylic acids is 1. The predicted octanol–water partition coefficient (Wildman–Crippen LogP) is -1.85. The van der Waals surface area contributed by atoms with Crippen molar-refractivity contribution < 1.29 is 15.6 Å². The molecule has 52 valence electrons. The molecule has 1 rings (SSSR count). The molecule has 1 aliphatic carbocycles. The molecule has 3 heteroatoms. The first-order valence-corrected chi connectivity index (χ1v) is 3.12. The van der Waals surface area contributed by atoms with E-state index in [2.05, 4.69) is 5.73 Å². The molecule has 0 amide bonds. The normalized spacial score (nSPS) is 25.1. The first-order chi connectivity index (χ1) is 4.05. The molecule has 0 saturated heterocycles. The molecule has 0 aliphatic heterocycles. The van der Waals surface area contributed by atoms with E-state index in [0.29, 0.717) is 0 Å². The molecular weight excluding hydrogens is 118 g/mol. The van der Waals surface area contributed by atoms with E-state index < -0.39 is 11.5 Å². The highest BCUT2D eigenvalue weighted by molar-refractivity contribution is 5.74. The van der Waals surface area contributed by atoms with Gasteiger partial charge in [0, 0.05) is 5.92 Å². The van der Waals surface area contributed by atoms with Gasteiger partial charge in [-0.3, -0.25) is 0 Å². The Bertz CT molecular complexity index is 138. The molecule has 3 N–H and O–H groups in total. The first-order valence-electron chi connectivity index (χ1n) is 3.12. The van der Waals surface area contributed by atoms with Crippen molar-refractivity contribution >= 4 is 5.97 Å². The van der Waals surface area contributed by atoms with Crippen molar-refractivity contribution in [3.63, 3.8) is 0 Å². The Morgan fingerprint density at radius 3 is 2.33 bits per heavy atom. The monoisotopic (exact) mass is 129 g/mol. The zero-order valence-electron chi connectivity index (χ0n) is 5.52. The zero-order chi connectivity index (χ0) is 7.07. The Hall–Kier alpha value is -0.570. The fourth-order valence-corrected chi connectivity index (χ4v) is 0.887. The smallest absolute Gasteiger partial charge is 0.135 e. The number of carbonyl (C=O) groups is 1.